The minimum absolute atomic E-state index is 0.102. The van der Waals surface area contributed by atoms with Crippen LogP contribution >= 0.6 is 34.2 Å². The molecule has 1 aliphatic heterocycles. The maximum Gasteiger partial charge on any atom is 0.166 e. The summed E-state index contributed by atoms with van der Waals surface area (Å²) in [5.74, 6) is -0.532. The van der Waals surface area contributed by atoms with Crippen molar-refractivity contribution in [2.75, 3.05) is 5.73 Å². The molecule has 1 aromatic carbocycles. The molecule has 0 amide bonds. The Hall–Kier alpha value is -0.0700. The van der Waals surface area contributed by atoms with Crippen LogP contribution < -0.4 is 5.73 Å². The van der Waals surface area contributed by atoms with Gasteiger partial charge in [0.15, 0.2) is 5.82 Å². The lowest BCUT2D eigenvalue weighted by Gasteiger charge is -2.08. The molecule has 0 radical (unpaired) electrons. The highest BCUT2D eigenvalue weighted by molar-refractivity contribution is 14.1. The average Bonchev–Trinajstić information content (AvgIpc) is 2.59. The molecule has 0 unspecified atom stereocenters. The smallest absolute Gasteiger partial charge is 0.166 e. The molecule has 2 nitrogen and oxygen atoms in total. The van der Waals surface area contributed by atoms with Gasteiger partial charge in [-0.2, -0.15) is 0 Å². The summed E-state index contributed by atoms with van der Waals surface area (Å²) >= 11 is 7.79. The van der Waals surface area contributed by atoms with Crippen LogP contribution in [0.1, 0.15) is 11.1 Å². The molecule has 0 bridgehead atoms. The van der Waals surface area contributed by atoms with E-state index in [2.05, 4.69) is 0 Å². The Morgan fingerprint density at radius 3 is 2.69 bits per heavy atom. The fourth-order valence-corrected chi connectivity index (χ4v) is 2.32. The van der Waals surface area contributed by atoms with Crippen LogP contribution in [-0.4, -0.2) is 0 Å². The third kappa shape index (κ3) is 1.31. The van der Waals surface area contributed by atoms with Gasteiger partial charge in [0.1, 0.15) is 0 Å². The van der Waals surface area contributed by atoms with E-state index in [1.165, 1.54) is 0 Å². The molecule has 1 aliphatic rings. The van der Waals surface area contributed by atoms with Crippen molar-refractivity contribution >= 4 is 39.9 Å². The van der Waals surface area contributed by atoms with Crippen LogP contribution in [0.3, 0.4) is 0 Å². The van der Waals surface area contributed by atoms with Crippen molar-refractivity contribution in [3.8, 4) is 0 Å². The predicted octanol–water partition coefficient (Wildman–Crippen LogP) is 2.70. The summed E-state index contributed by atoms with van der Waals surface area (Å²) in [7, 11) is 0. The van der Waals surface area contributed by atoms with Gasteiger partial charge in [-0.1, -0.05) is 11.6 Å². The van der Waals surface area contributed by atoms with Gasteiger partial charge < -0.3 is 10.5 Å². The van der Waals surface area contributed by atoms with Gasteiger partial charge in [0.2, 0.25) is 0 Å². The van der Waals surface area contributed by atoms with Crippen LogP contribution in [0, 0.1) is 9.39 Å². The second-order valence-electron chi connectivity index (χ2n) is 2.81. The number of nitrogen functional groups attached to an aromatic ring is 1. The van der Waals surface area contributed by atoms with Gasteiger partial charge >= 0.3 is 0 Å². The minimum atomic E-state index is -0.532. The number of halogens is 3. The van der Waals surface area contributed by atoms with Gasteiger partial charge in [0, 0.05) is 14.7 Å². The van der Waals surface area contributed by atoms with E-state index in [9.17, 15) is 4.39 Å². The molecule has 0 saturated heterocycles. The number of rotatable bonds is 0. The van der Waals surface area contributed by atoms with Gasteiger partial charge in [-0.3, -0.25) is 0 Å². The van der Waals surface area contributed by atoms with Crippen molar-refractivity contribution in [1.82, 2.24) is 0 Å². The summed E-state index contributed by atoms with van der Waals surface area (Å²) in [6.07, 6.45) is 0. The van der Waals surface area contributed by atoms with Crippen LogP contribution in [0.4, 0.5) is 10.1 Å². The highest BCUT2D eigenvalue weighted by Crippen LogP contribution is 2.37. The van der Waals surface area contributed by atoms with Crippen LogP contribution in [0.2, 0.25) is 5.02 Å². The zero-order valence-electron chi connectivity index (χ0n) is 6.53. The summed E-state index contributed by atoms with van der Waals surface area (Å²) in [5, 5.41) is 0.102. The third-order valence-corrected chi connectivity index (χ3v) is 3.68. The molecule has 0 aliphatic carbocycles. The van der Waals surface area contributed by atoms with E-state index in [0.29, 0.717) is 16.8 Å². The number of hydrogen-bond donors (Lipinski definition) is 1. The van der Waals surface area contributed by atoms with E-state index in [-0.39, 0.29) is 10.7 Å². The monoisotopic (exact) mass is 313 g/mol. The molecular formula is C8H6ClFINO. The highest BCUT2D eigenvalue weighted by atomic mass is 127. The lowest BCUT2D eigenvalue weighted by atomic mass is 10.1. The molecule has 13 heavy (non-hydrogen) atoms. The molecule has 1 heterocycles. The van der Waals surface area contributed by atoms with E-state index < -0.39 is 5.82 Å². The van der Waals surface area contributed by atoms with Crippen LogP contribution in [0.5, 0.6) is 0 Å². The Morgan fingerprint density at radius 2 is 2.00 bits per heavy atom. The molecular weight excluding hydrogens is 307 g/mol. The molecule has 0 atom stereocenters. The lowest BCUT2D eigenvalue weighted by Crippen LogP contribution is -2.01. The van der Waals surface area contributed by atoms with E-state index in [0.717, 1.165) is 11.1 Å². The summed E-state index contributed by atoms with van der Waals surface area (Å²) in [5.41, 5.74) is 7.31. The maximum absolute atomic E-state index is 13.3. The molecule has 1 aromatic rings. The summed E-state index contributed by atoms with van der Waals surface area (Å²) < 4.78 is 19.2. The first kappa shape index (κ1) is 9.48. The first-order valence-corrected chi connectivity index (χ1v) is 5.10. The Morgan fingerprint density at radius 1 is 1.38 bits per heavy atom. The van der Waals surface area contributed by atoms with Gasteiger partial charge in [-0.15, -0.1) is 0 Å². The van der Waals surface area contributed by atoms with E-state index in [1.54, 1.807) is 0 Å². The Balaban J connectivity index is 2.77. The Bertz CT molecular complexity index is 348. The van der Waals surface area contributed by atoms with Crippen molar-refractivity contribution < 1.29 is 9.13 Å². The van der Waals surface area contributed by atoms with Gasteiger partial charge in [0.25, 0.3) is 0 Å². The lowest BCUT2D eigenvalue weighted by molar-refractivity contribution is 0.134. The van der Waals surface area contributed by atoms with Gasteiger partial charge in [0.05, 0.1) is 23.9 Å². The summed E-state index contributed by atoms with van der Waals surface area (Å²) in [6, 6.07) is 0. The number of benzene rings is 1. The summed E-state index contributed by atoms with van der Waals surface area (Å²) in [4.78, 5) is 0. The molecule has 2 rings (SSSR count). The molecule has 0 spiro atoms. The third-order valence-electron chi connectivity index (χ3n) is 2.05. The highest BCUT2D eigenvalue weighted by Gasteiger charge is 2.23. The molecule has 5 heteroatoms. The largest absolute Gasteiger partial charge is 0.395 e. The second kappa shape index (κ2) is 3.25. The summed E-state index contributed by atoms with van der Waals surface area (Å²) in [6.45, 7) is 0.846. The Kier molecular flexibility index (Phi) is 2.37. The van der Waals surface area contributed by atoms with Crippen LogP contribution in [0.15, 0.2) is 0 Å². The number of nitrogens with two attached hydrogens (primary N) is 1. The van der Waals surface area contributed by atoms with E-state index >= 15 is 0 Å². The number of anilines is 1. The van der Waals surface area contributed by atoms with Gasteiger partial charge in [-0.05, 0) is 22.6 Å². The van der Waals surface area contributed by atoms with Crippen molar-refractivity contribution in [1.29, 1.82) is 0 Å². The first-order valence-electron chi connectivity index (χ1n) is 3.64. The topological polar surface area (TPSA) is 35.2 Å². The van der Waals surface area contributed by atoms with E-state index in [1.807, 2.05) is 22.6 Å². The zero-order valence-corrected chi connectivity index (χ0v) is 9.45. The quantitative estimate of drug-likeness (QED) is 0.454. The van der Waals surface area contributed by atoms with Crippen molar-refractivity contribution in [3.63, 3.8) is 0 Å². The molecule has 0 saturated carbocycles. The molecule has 0 fully saturated rings. The minimum Gasteiger partial charge on any atom is -0.395 e. The number of ether oxygens (including phenoxy) is 1. The zero-order chi connectivity index (χ0) is 9.59. The molecule has 70 valence electrons. The second-order valence-corrected chi connectivity index (χ2v) is 4.26. The van der Waals surface area contributed by atoms with Gasteiger partial charge in [-0.25, -0.2) is 4.39 Å². The van der Waals surface area contributed by atoms with Crippen molar-refractivity contribution in [2.24, 2.45) is 0 Å². The fraction of sp³-hybridized carbons (Fsp3) is 0.250. The number of fused-ring (bicyclic) bond motifs is 1. The normalized spacial score (nSPS) is 14.7. The number of hydrogen-bond acceptors (Lipinski definition) is 2. The van der Waals surface area contributed by atoms with Crippen LogP contribution in [0.25, 0.3) is 0 Å². The Labute approximate surface area is 93.3 Å². The predicted molar refractivity (Wildman–Crippen MR) is 57.0 cm³/mol. The van der Waals surface area contributed by atoms with Crippen molar-refractivity contribution in [3.05, 3.63) is 25.5 Å². The van der Waals surface area contributed by atoms with E-state index in [4.69, 9.17) is 22.1 Å². The maximum atomic E-state index is 13.3. The molecule has 0 aromatic heterocycles. The fourth-order valence-electron chi connectivity index (χ4n) is 1.33. The van der Waals surface area contributed by atoms with Crippen molar-refractivity contribution in [2.45, 2.75) is 13.2 Å². The average molecular weight is 313 g/mol. The SMILES string of the molecule is Nc1c(F)c(Cl)c2c(c1I)COC2. The molecule has 2 N–H and O–H groups in total. The first-order chi connectivity index (χ1) is 6.13. The standard InChI is InChI=1S/C8H6ClFINO/c9-5-3-1-13-2-4(3)7(11)8(12)6(5)10/h1-2,12H2. The van der Waals surface area contributed by atoms with Crippen LogP contribution in [-0.2, 0) is 18.0 Å².